The van der Waals surface area contributed by atoms with E-state index in [1.807, 2.05) is 75.4 Å². The van der Waals surface area contributed by atoms with Crippen LogP contribution in [0.25, 0.3) is 11.8 Å². The molecular weight excluding hydrogens is 522 g/mol. The van der Waals surface area contributed by atoms with Crippen LogP contribution in [0.1, 0.15) is 28.1 Å². The van der Waals surface area contributed by atoms with Crippen LogP contribution in [-0.2, 0) is 4.79 Å². The average Bonchev–Trinajstić information content (AvgIpc) is 3.38. The average molecular weight is 550 g/mol. The third-order valence-electron chi connectivity index (χ3n) is 6.52. The predicted molar refractivity (Wildman–Crippen MR) is 156 cm³/mol. The van der Waals surface area contributed by atoms with Crippen LogP contribution in [-0.4, -0.2) is 33.8 Å². The predicted octanol–water partition coefficient (Wildman–Crippen LogP) is 7.18. The number of hydrogen-bond acceptors (Lipinski definition) is 6. The van der Waals surface area contributed by atoms with Crippen molar-refractivity contribution in [2.24, 2.45) is 0 Å². The lowest BCUT2D eigenvalue weighted by atomic mass is 10.2. The molecule has 1 aliphatic heterocycles. The van der Waals surface area contributed by atoms with E-state index in [1.165, 1.54) is 4.90 Å². The molecule has 4 aromatic rings. The molecule has 8 heteroatoms. The van der Waals surface area contributed by atoms with Gasteiger partial charge in [-0.2, -0.15) is 5.26 Å². The van der Waals surface area contributed by atoms with Crippen molar-refractivity contribution in [3.63, 3.8) is 0 Å². The molecule has 1 aromatic heterocycles. The SMILES string of the molecule is Cc1cccc(OCCN2C(=O)S/C(=C\c3cc(C)n(-c4ccc(Oc5ccc(C#N)cc5)cc4)c3C)C2=O)c1. The highest BCUT2D eigenvalue weighted by atomic mass is 32.2. The number of carbonyl (C=O) groups excluding carboxylic acids is 2. The van der Waals surface area contributed by atoms with Gasteiger partial charge in [0.2, 0.25) is 0 Å². The molecule has 0 aliphatic carbocycles. The van der Waals surface area contributed by atoms with Gasteiger partial charge < -0.3 is 14.0 Å². The number of nitrogens with zero attached hydrogens (tertiary/aromatic N) is 3. The summed E-state index contributed by atoms with van der Waals surface area (Å²) < 4.78 is 13.7. The number of imide groups is 1. The van der Waals surface area contributed by atoms with Crippen LogP contribution in [0.3, 0.4) is 0 Å². The van der Waals surface area contributed by atoms with E-state index in [-0.39, 0.29) is 24.3 Å². The van der Waals surface area contributed by atoms with Crippen LogP contribution in [0.2, 0.25) is 0 Å². The molecule has 200 valence electrons. The van der Waals surface area contributed by atoms with Crippen molar-refractivity contribution in [3.8, 4) is 29.0 Å². The Balaban J connectivity index is 1.27. The third kappa shape index (κ3) is 5.80. The smallest absolute Gasteiger partial charge is 0.293 e. The molecule has 0 N–H and O–H groups in total. The molecule has 1 aliphatic rings. The fraction of sp³-hybridized carbons (Fsp3) is 0.156. The van der Waals surface area contributed by atoms with Crippen molar-refractivity contribution in [1.29, 1.82) is 5.26 Å². The van der Waals surface area contributed by atoms with Crippen LogP contribution in [0, 0.1) is 32.1 Å². The highest BCUT2D eigenvalue weighted by Crippen LogP contribution is 2.34. The Morgan fingerprint density at radius 2 is 1.60 bits per heavy atom. The van der Waals surface area contributed by atoms with E-state index in [4.69, 9.17) is 14.7 Å². The topological polar surface area (TPSA) is 84.6 Å². The minimum Gasteiger partial charge on any atom is -0.492 e. The maximum Gasteiger partial charge on any atom is 0.293 e. The second-order valence-corrected chi connectivity index (χ2v) is 10.4. The molecule has 1 saturated heterocycles. The standard InChI is InChI=1S/C32H27N3O4S/c1-21-5-4-6-29(17-21)38-16-15-34-31(36)30(40-32(34)37)19-25-18-22(2)35(23(25)3)26-9-13-28(14-10-26)39-27-11-7-24(20-33)8-12-27/h4-14,17-19H,15-16H2,1-3H3/b30-19-. The molecule has 3 aromatic carbocycles. The van der Waals surface area contributed by atoms with Crippen LogP contribution in [0.4, 0.5) is 4.79 Å². The van der Waals surface area contributed by atoms with Crippen LogP contribution >= 0.6 is 11.8 Å². The number of aromatic nitrogens is 1. The Labute approximate surface area is 237 Å². The first-order valence-electron chi connectivity index (χ1n) is 12.7. The number of benzene rings is 3. The molecule has 0 saturated carbocycles. The third-order valence-corrected chi connectivity index (χ3v) is 7.43. The maximum absolute atomic E-state index is 13.0. The molecule has 0 bridgehead atoms. The van der Waals surface area contributed by atoms with Gasteiger partial charge in [0, 0.05) is 17.1 Å². The Bertz CT molecular complexity index is 1650. The molecule has 2 amide bonds. The molecular formula is C32H27N3O4S. The number of hydrogen-bond donors (Lipinski definition) is 0. The highest BCUT2D eigenvalue weighted by molar-refractivity contribution is 8.18. The molecule has 40 heavy (non-hydrogen) atoms. The molecule has 5 rings (SSSR count). The van der Waals surface area contributed by atoms with Crippen molar-refractivity contribution in [1.82, 2.24) is 9.47 Å². The molecule has 0 radical (unpaired) electrons. The second kappa shape index (κ2) is 11.6. The molecule has 2 heterocycles. The van der Waals surface area contributed by atoms with Gasteiger partial charge in [-0.05, 0) is 116 Å². The number of ether oxygens (including phenoxy) is 2. The van der Waals surface area contributed by atoms with Crippen molar-refractivity contribution in [2.75, 3.05) is 13.2 Å². The first-order valence-corrected chi connectivity index (χ1v) is 13.6. The van der Waals surface area contributed by atoms with Crippen molar-refractivity contribution in [3.05, 3.63) is 112 Å². The van der Waals surface area contributed by atoms with Gasteiger partial charge in [0.05, 0.1) is 23.1 Å². The lowest BCUT2D eigenvalue weighted by Crippen LogP contribution is -2.32. The Morgan fingerprint density at radius 3 is 2.27 bits per heavy atom. The summed E-state index contributed by atoms with van der Waals surface area (Å²) in [7, 11) is 0. The Kier molecular flexibility index (Phi) is 7.76. The van der Waals surface area contributed by atoms with Crippen molar-refractivity contribution >= 4 is 29.0 Å². The summed E-state index contributed by atoms with van der Waals surface area (Å²) >= 11 is 0.949. The number of rotatable bonds is 8. The van der Waals surface area contributed by atoms with Gasteiger partial charge in [-0.15, -0.1) is 0 Å². The summed E-state index contributed by atoms with van der Waals surface area (Å²) in [5.74, 6) is 1.73. The molecule has 0 unspecified atom stereocenters. The fourth-order valence-corrected chi connectivity index (χ4v) is 5.38. The summed E-state index contributed by atoms with van der Waals surface area (Å²) in [4.78, 5) is 27.3. The Hall–Kier alpha value is -4.74. The maximum atomic E-state index is 13.0. The number of nitriles is 1. The summed E-state index contributed by atoms with van der Waals surface area (Å²) in [6.07, 6.45) is 1.79. The van der Waals surface area contributed by atoms with Crippen LogP contribution in [0.5, 0.6) is 17.2 Å². The summed E-state index contributed by atoms with van der Waals surface area (Å²) in [6.45, 7) is 6.38. The normalized spacial score (nSPS) is 14.1. The van der Waals surface area contributed by atoms with E-state index in [1.54, 1.807) is 30.3 Å². The minimum atomic E-state index is -0.308. The lowest BCUT2D eigenvalue weighted by Gasteiger charge is -2.13. The van der Waals surface area contributed by atoms with Crippen molar-refractivity contribution in [2.45, 2.75) is 20.8 Å². The van der Waals surface area contributed by atoms with Crippen molar-refractivity contribution < 1.29 is 19.1 Å². The lowest BCUT2D eigenvalue weighted by molar-refractivity contribution is -0.123. The van der Waals surface area contributed by atoms with Gasteiger partial charge >= 0.3 is 0 Å². The number of aryl methyl sites for hydroxylation is 2. The van der Waals surface area contributed by atoms with E-state index in [0.717, 1.165) is 40.0 Å². The fourth-order valence-electron chi connectivity index (χ4n) is 4.52. The highest BCUT2D eigenvalue weighted by Gasteiger charge is 2.35. The zero-order valence-electron chi connectivity index (χ0n) is 22.4. The zero-order chi connectivity index (χ0) is 28.2. The van der Waals surface area contributed by atoms with Gasteiger partial charge in [-0.1, -0.05) is 12.1 Å². The molecule has 1 fully saturated rings. The summed E-state index contributed by atoms with van der Waals surface area (Å²) in [5.41, 5.74) is 5.42. The quantitative estimate of drug-likeness (QED) is 0.216. The van der Waals surface area contributed by atoms with E-state index < -0.39 is 0 Å². The van der Waals surface area contributed by atoms with E-state index >= 15 is 0 Å². The second-order valence-electron chi connectivity index (χ2n) is 9.39. The first-order chi connectivity index (χ1) is 19.3. The van der Waals surface area contributed by atoms with Crippen LogP contribution in [0.15, 0.2) is 83.8 Å². The monoisotopic (exact) mass is 549 g/mol. The van der Waals surface area contributed by atoms with Gasteiger partial charge in [-0.3, -0.25) is 14.5 Å². The summed E-state index contributed by atoms with van der Waals surface area (Å²) in [5, 5.41) is 8.66. The van der Waals surface area contributed by atoms with Gasteiger partial charge in [-0.25, -0.2) is 0 Å². The number of thioether (sulfide) groups is 1. The minimum absolute atomic E-state index is 0.186. The molecule has 0 spiro atoms. The first kappa shape index (κ1) is 26.9. The van der Waals surface area contributed by atoms with E-state index in [9.17, 15) is 9.59 Å². The molecule has 7 nitrogen and oxygen atoms in total. The van der Waals surface area contributed by atoms with Gasteiger partial charge in [0.25, 0.3) is 11.1 Å². The van der Waals surface area contributed by atoms with Gasteiger partial charge in [0.1, 0.15) is 23.9 Å². The summed E-state index contributed by atoms with van der Waals surface area (Å²) in [6, 6.07) is 26.4. The van der Waals surface area contributed by atoms with E-state index in [0.29, 0.717) is 27.7 Å². The zero-order valence-corrected chi connectivity index (χ0v) is 23.2. The largest absolute Gasteiger partial charge is 0.492 e. The van der Waals surface area contributed by atoms with E-state index in [2.05, 4.69) is 10.6 Å². The number of amides is 2. The molecule has 0 atom stereocenters. The Morgan fingerprint density at radius 1 is 0.900 bits per heavy atom. The van der Waals surface area contributed by atoms with Crippen LogP contribution < -0.4 is 9.47 Å². The number of carbonyl (C=O) groups is 2. The van der Waals surface area contributed by atoms with Gasteiger partial charge in [0.15, 0.2) is 0 Å².